The molecule has 0 spiro atoms. The van der Waals surface area contributed by atoms with Crippen LogP contribution in [0.2, 0.25) is 0 Å². The number of nitrogens with zero attached hydrogens (tertiary/aromatic N) is 2. The molecule has 2 aromatic heterocycles. The molecule has 0 unspecified atom stereocenters. The van der Waals surface area contributed by atoms with Crippen molar-refractivity contribution in [1.29, 1.82) is 0 Å². The Balaban J connectivity index is 1.79. The molecule has 140 valence electrons. The van der Waals surface area contributed by atoms with Crippen LogP contribution in [0, 0.1) is 6.92 Å². The first-order chi connectivity index (χ1) is 12.2. The Bertz CT molecular complexity index is 942. The molecule has 1 N–H and O–H groups in total. The number of aromatic nitrogens is 2. The lowest BCUT2D eigenvalue weighted by molar-refractivity contribution is -0.125. The second-order valence-electron chi connectivity index (χ2n) is 7.19. The molecule has 0 saturated heterocycles. The molecule has 2 aromatic rings. The molecule has 0 aliphatic carbocycles. The molecule has 0 radical (unpaired) electrons. The van der Waals surface area contributed by atoms with E-state index in [0.717, 1.165) is 36.4 Å². The van der Waals surface area contributed by atoms with Crippen LogP contribution in [0.4, 0.5) is 0 Å². The first-order valence-electron chi connectivity index (χ1n) is 8.74. The van der Waals surface area contributed by atoms with Crippen LogP contribution in [0.15, 0.2) is 4.79 Å². The number of carbonyl (C=O) groups is 2. The van der Waals surface area contributed by atoms with E-state index in [1.807, 2.05) is 20.8 Å². The van der Waals surface area contributed by atoms with Gasteiger partial charge in [-0.1, -0.05) is 6.92 Å². The molecule has 1 aliphatic rings. The average molecular weight is 377 g/mol. The zero-order chi connectivity index (χ0) is 19.1. The number of amides is 1. The Morgan fingerprint density at radius 1 is 1.38 bits per heavy atom. The van der Waals surface area contributed by atoms with E-state index in [9.17, 15) is 14.4 Å². The van der Waals surface area contributed by atoms with Crippen molar-refractivity contribution < 1.29 is 14.3 Å². The van der Waals surface area contributed by atoms with Crippen LogP contribution in [0.5, 0.6) is 0 Å². The van der Waals surface area contributed by atoms with Crippen molar-refractivity contribution >= 4 is 33.4 Å². The Kier molecular flexibility index (Phi) is 4.88. The molecule has 1 aliphatic heterocycles. The minimum atomic E-state index is -0.598. The van der Waals surface area contributed by atoms with Crippen LogP contribution in [-0.2, 0) is 22.5 Å². The van der Waals surface area contributed by atoms with Gasteiger partial charge in [0.15, 0.2) is 6.61 Å². The Morgan fingerprint density at radius 2 is 2.12 bits per heavy atom. The number of rotatable bonds is 5. The number of hydrogen-bond donors (Lipinski definition) is 1. The van der Waals surface area contributed by atoms with Crippen molar-refractivity contribution in [3.8, 4) is 0 Å². The molecular formula is C18H23N3O4S. The third-order valence-electron chi connectivity index (χ3n) is 4.79. The molecule has 3 heterocycles. The number of hydrogen-bond acceptors (Lipinski definition) is 6. The smallest absolute Gasteiger partial charge is 0.349 e. The maximum absolute atomic E-state index is 12.6. The average Bonchev–Trinajstić information content (AvgIpc) is 3.17. The summed E-state index contributed by atoms with van der Waals surface area (Å²) in [7, 11) is 0. The maximum Gasteiger partial charge on any atom is 0.349 e. The van der Waals surface area contributed by atoms with Gasteiger partial charge in [-0.15, -0.1) is 11.3 Å². The zero-order valence-electron chi connectivity index (χ0n) is 15.5. The highest BCUT2D eigenvalue weighted by molar-refractivity contribution is 7.20. The van der Waals surface area contributed by atoms with Crippen LogP contribution in [0.1, 0.15) is 54.7 Å². The van der Waals surface area contributed by atoms with E-state index in [1.165, 1.54) is 0 Å². The van der Waals surface area contributed by atoms with Gasteiger partial charge in [0.05, 0.1) is 5.39 Å². The van der Waals surface area contributed by atoms with Crippen molar-refractivity contribution in [2.75, 3.05) is 6.61 Å². The van der Waals surface area contributed by atoms with Crippen LogP contribution in [-0.4, -0.2) is 33.6 Å². The van der Waals surface area contributed by atoms with E-state index in [0.29, 0.717) is 27.2 Å². The molecule has 0 fully saturated rings. The van der Waals surface area contributed by atoms with E-state index >= 15 is 0 Å². The normalized spacial score (nSPS) is 13.7. The Hall–Kier alpha value is -2.22. The molecule has 1 amide bonds. The van der Waals surface area contributed by atoms with Gasteiger partial charge in [-0.25, -0.2) is 9.78 Å². The molecule has 8 heteroatoms. The summed E-state index contributed by atoms with van der Waals surface area (Å²) in [6, 6.07) is 0. The van der Waals surface area contributed by atoms with Gasteiger partial charge in [-0.3, -0.25) is 14.2 Å². The van der Waals surface area contributed by atoms with Gasteiger partial charge >= 0.3 is 5.97 Å². The second kappa shape index (κ2) is 6.83. The van der Waals surface area contributed by atoms with Gasteiger partial charge in [0.1, 0.15) is 15.5 Å². The number of aryl methyl sites for hydroxylation is 2. The van der Waals surface area contributed by atoms with Crippen molar-refractivity contribution in [3.05, 3.63) is 26.6 Å². The molecule has 7 nitrogen and oxygen atoms in total. The topological polar surface area (TPSA) is 90.3 Å². The standard InChI is InChI=1S/C18H23N3O4S/c1-5-18(3,4)20-12(22)9-25-17(24)14-10(2)13-15(26-14)19-11-7-6-8-21(11)16(13)23/h5-9H2,1-4H3,(H,20,22). The molecule has 0 aromatic carbocycles. The van der Waals surface area contributed by atoms with Gasteiger partial charge in [0, 0.05) is 18.5 Å². The summed E-state index contributed by atoms with van der Waals surface area (Å²) in [4.78, 5) is 42.4. The summed E-state index contributed by atoms with van der Waals surface area (Å²) >= 11 is 1.15. The highest BCUT2D eigenvalue weighted by Gasteiger charge is 2.25. The van der Waals surface area contributed by atoms with E-state index in [2.05, 4.69) is 10.3 Å². The van der Waals surface area contributed by atoms with Crippen LogP contribution < -0.4 is 10.9 Å². The summed E-state index contributed by atoms with van der Waals surface area (Å²) < 4.78 is 6.83. The largest absolute Gasteiger partial charge is 0.451 e. The fourth-order valence-corrected chi connectivity index (χ4v) is 4.05. The number of thiophene rings is 1. The van der Waals surface area contributed by atoms with Gasteiger partial charge in [0.2, 0.25) is 0 Å². The summed E-state index contributed by atoms with van der Waals surface area (Å²) in [5.41, 5.74) is 0.123. The van der Waals surface area contributed by atoms with E-state index in [4.69, 9.17) is 4.74 Å². The van der Waals surface area contributed by atoms with Crippen LogP contribution in [0.3, 0.4) is 0 Å². The number of fused-ring (bicyclic) bond motifs is 2. The van der Waals surface area contributed by atoms with Crippen LogP contribution in [0.25, 0.3) is 10.2 Å². The van der Waals surface area contributed by atoms with Gasteiger partial charge in [-0.05, 0) is 39.2 Å². The number of carbonyl (C=O) groups excluding carboxylic acids is 2. The molecule has 3 rings (SSSR count). The van der Waals surface area contributed by atoms with Gasteiger partial charge in [-0.2, -0.15) is 0 Å². The second-order valence-corrected chi connectivity index (χ2v) is 8.19. The van der Waals surface area contributed by atoms with Crippen molar-refractivity contribution in [2.45, 2.75) is 59.0 Å². The van der Waals surface area contributed by atoms with E-state index in [-0.39, 0.29) is 23.6 Å². The highest BCUT2D eigenvalue weighted by Crippen LogP contribution is 2.29. The molecule has 0 atom stereocenters. The summed E-state index contributed by atoms with van der Waals surface area (Å²) in [5.74, 6) is -0.175. The zero-order valence-corrected chi connectivity index (χ0v) is 16.3. The third-order valence-corrected chi connectivity index (χ3v) is 5.96. The van der Waals surface area contributed by atoms with Gasteiger partial charge in [0.25, 0.3) is 11.5 Å². The minimum Gasteiger partial charge on any atom is -0.451 e. The fraction of sp³-hybridized carbons (Fsp3) is 0.556. The molecular weight excluding hydrogens is 354 g/mol. The third kappa shape index (κ3) is 3.38. The maximum atomic E-state index is 12.6. The predicted molar refractivity (Wildman–Crippen MR) is 99.7 cm³/mol. The summed E-state index contributed by atoms with van der Waals surface area (Å²) in [5, 5.41) is 3.29. The number of nitrogens with one attached hydrogen (secondary N) is 1. The lowest BCUT2D eigenvalue weighted by Gasteiger charge is -2.24. The lowest BCUT2D eigenvalue weighted by Crippen LogP contribution is -2.44. The van der Waals surface area contributed by atoms with E-state index in [1.54, 1.807) is 11.5 Å². The van der Waals surface area contributed by atoms with Crippen LogP contribution >= 0.6 is 11.3 Å². The monoisotopic (exact) mass is 377 g/mol. The minimum absolute atomic E-state index is 0.0993. The molecule has 26 heavy (non-hydrogen) atoms. The first-order valence-corrected chi connectivity index (χ1v) is 9.56. The van der Waals surface area contributed by atoms with Crippen molar-refractivity contribution in [2.24, 2.45) is 0 Å². The number of esters is 1. The Morgan fingerprint density at radius 3 is 2.81 bits per heavy atom. The quantitative estimate of drug-likeness (QED) is 0.807. The molecule has 0 bridgehead atoms. The number of ether oxygens (including phenoxy) is 1. The highest BCUT2D eigenvalue weighted by atomic mass is 32.1. The first kappa shape index (κ1) is 18.6. The fourth-order valence-electron chi connectivity index (χ4n) is 2.97. The van der Waals surface area contributed by atoms with Crippen molar-refractivity contribution in [3.63, 3.8) is 0 Å². The lowest BCUT2D eigenvalue weighted by atomic mass is 10.0. The van der Waals surface area contributed by atoms with E-state index < -0.39 is 5.97 Å². The van der Waals surface area contributed by atoms with Gasteiger partial charge < -0.3 is 10.1 Å². The summed E-state index contributed by atoms with van der Waals surface area (Å²) in [6.45, 7) is 7.82. The molecule has 0 saturated carbocycles. The van der Waals surface area contributed by atoms with Crippen molar-refractivity contribution in [1.82, 2.24) is 14.9 Å². The summed E-state index contributed by atoms with van der Waals surface area (Å²) in [6.07, 6.45) is 2.45. The predicted octanol–water partition coefficient (Wildman–Crippen LogP) is 2.17. The Labute approximate surface area is 155 Å². The SMILES string of the molecule is CCC(C)(C)NC(=O)COC(=O)c1sc2nc3n(c(=O)c2c1C)CCC3.